The lowest BCUT2D eigenvalue weighted by Crippen LogP contribution is -2.45. The molecule has 2 unspecified atom stereocenters. The molecule has 98 valence electrons. The Morgan fingerprint density at radius 1 is 1.06 bits per heavy atom. The summed E-state index contributed by atoms with van der Waals surface area (Å²) in [7, 11) is 2.25. The molecule has 0 saturated carbocycles. The number of hydrogen-bond acceptors (Lipinski definition) is 2. The van der Waals surface area contributed by atoms with Crippen molar-refractivity contribution in [3.8, 4) is 0 Å². The average Bonchev–Trinajstić information content (AvgIpc) is 2.15. The van der Waals surface area contributed by atoms with Crippen LogP contribution in [0.1, 0.15) is 48.0 Å². The molecule has 0 aromatic rings. The highest BCUT2D eigenvalue weighted by molar-refractivity contribution is 4.76. The van der Waals surface area contributed by atoms with Crippen LogP contribution in [-0.4, -0.2) is 37.1 Å². The fourth-order valence-electron chi connectivity index (χ4n) is 2.13. The number of nitrogens with zero attached hydrogens (tertiary/aromatic N) is 1. The van der Waals surface area contributed by atoms with Crippen molar-refractivity contribution in [3.63, 3.8) is 0 Å². The lowest BCUT2D eigenvalue weighted by atomic mass is 10.0. The second-order valence-corrected chi connectivity index (χ2v) is 5.83. The Morgan fingerprint density at radius 2 is 1.62 bits per heavy atom. The van der Waals surface area contributed by atoms with Crippen molar-refractivity contribution in [3.05, 3.63) is 0 Å². The minimum Gasteiger partial charge on any atom is -0.313 e. The lowest BCUT2D eigenvalue weighted by molar-refractivity contribution is 0.189. The Morgan fingerprint density at radius 3 is 2.00 bits per heavy atom. The molecule has 0 rings (SSSR count). The smallest absolute Gasteiger partial charge is 0.0217 e. The Hall–Kier alpha value is -0.0800. The van der Waals surface area contributed by atoms with E-state index < -0.39 is 0 Å². The highest BCUT2D eigenvalue weighted by Crippen LogP contribution is 2.11. The first-order chi connectivity index (χ1) is 7.38. The molecule has 1 N–H and O–H groups in total. The largest absolute Gasteiger partial charge is 0.313 e. The molecule has 0 bridgehead atoms. The van der Waals surface area contributed by atoms with Gasteiger partial charge in [-0.25, -0.2) is 0 Å². The van der Waals surface area contributed by atoms with Gasteiger partial charge in [0.2, 0.25) is 0 Å². The third kappa shape index (κ3) is 6.49. The Balaban J connectivity index is 4.11. The molecule has 0 spiro atoms. The molecule has 0 aliphatic heterocycles. The van der Waals surface area contributed by atoms with Crippen molar-refractivity contribution >= 4 is 0 Å². The van der Waals surface area contributed by atoms with E-state index in [4.69, 9.17) is 0 Å². The van der Waals surface area contributed by atoms with Crippen molar-refractivity contribution in [1.82, 2.24) is 10.2 Å². The summed E-state index contributed by atoms with van der Waals surface area (Å²) in [6.07, 6.45) is 1.29. The number of nitrogens with one attached hydrogen (secondary N) is 1. The van der Waals surface area contributed by atoms with Crippen molar-refractivity contribution in [2.45, 2.75) is 60.0 Å². The fourth-order valence-corrected chi connectivity index (χ4v) is 2.13. The number of likely N-dealkylation sites (N-methyl/N-ethyl adjacent to an activating group) is 2. The summed E-state index contributed by atoms with van der Waals surface area (Å²) in [4.78, 5) is 2.49. The topological polar surface area (TPSA) is 15.3 Å². The standard InChI is InChI=1S/C14H32N2/c1-8-15-14(12(4)5)10-16(7)13(6)9-11(2)3/h11-15H,8-10H2,1-7H3. The van der Waals surface area contributed by atoms with Gasteiger partial charge in [-0.15, -0.1) is 0 Å². The summed E-state index contributed by atoms with van der Waals surface area (Å²) < 4.78 is 0. The van der Waals surface area contributed by atoms with E-state index in [0.717, 1.165) is 19.0 Å². The molecule has 16 heavy (non-hydrogen) atoms. The van der Waals surface area contributed by atoms with Gasteiger partial charge >= 0.3 is 0 Å². The SMILES string of the molecule is CCNC(CN(C)C(C)CC(C)C)C(C)C. The summed E-state index contributed by atoms with van der Waals surface area (Å²) in [6.45, 7) is 15.9. The Kier molecular flexibility index (Phi) is 8.04. The normalized spacial score (nSPS) is 16.1. The Bertz CT molecular complexity index is 166. The van der Waals surface area contributed by atoms with E-state index in [9.17, 15) is 0 Å². The van der Waals surface area contributed by atoms with Gasteiger partial charge in [-0.05, 0) is 38.8 Å². The van der Waals surface area contributed by atoms with Crippen LogP contribution in [-0.2, 0) is 0 Å². The van der Waals surface area contributed by atoms with E-state index in [2.05, 4.69) is 58.8 Å². The molecule has 0 saturated heterocycles. The third-order valence-electron chi connectivity index (χ3n) is 3.32. The van der Waals surface area contributed by atoms with Crippen molar-refractivity contribution in [2.75, 3.05) is 20.1 Å². The van der Waals surface area contributed by atoms with E-state index >= 15 is 0 Å². The predicted octanol–water partition coefficient (Wildman–Crippen LogP) is 2.99. The minimum atomic E-state index is 0.615. The summed E-state index contributed by atoms with van der Waals surface area (Å²) in [6, 6.07) is 1.30. The third-order valence-corrected chi connectivity index (χ3v) is 3.32. The molecular weight excluding hydrogens is 196 g/mol. The van der Waals surface area contributed by atoms with Crippen LogP contribution < -0.4 is 5.32 Å². The molecule has 2 heteroatoms. The van der Waals surface area contributed by atoms with Crippen molar-refractivity contribution < 1.29 is 0 Å². The molecule has 0 aromatic carbocycles. The van der Waals surface area contributed by atoms with E-state index in [0.29, 0.717) is 18.0 Å². The monoisotopic (exact) mass is 228 g/mol. The second-order valence-electron chi connectivity index (χ2n) is 5.83. The minimum absolute atomic E-state index is 0.615. The molecule has 0 aliphatic carbocycles. The van der Waals surface area contributed by atoms with Crippen LogP contribution in [0.2, 0.25) is 0 Å². The maximum atomic E-state index is 3.58. The average molecular weight is 228 g/mol. The predicted molar refractivity (Wildman–Crippen MR) is 73.8 cm³/mol. The molecule has 0 fully saturated rings. The molecular formula is C14H32N2. The summed E-state index contributed by atoms with van der Waals surface area (Å²) >= 11 is 0. The summed E-state index contributed by atoms with van der Waals surface area (Å²) in [5.74, 6) is 1.49. The summed E-state index contributed by atoms with van der Waals surface area (Å²) in [5, 5.41) is 3.58. The molecule has 0 heterocycles. The van der Waals surface area contributed by atoms with E-state index in [1.54, 1.807) is 0 Å². The molecule has 2 atom stereocenters. The maximum Gasteiger partial charge on any atom is 0.0217 e. The maximum absolute atomic E-state index is 3.58. The zero-order valence-corrected chi connectivity index (χ0v) is 12.4. The zero-order valence-electron chi connectivity index (χ0n) is 12.4. The molecule has 0 radical (unpaired) electrons. The van der Waals surface area contributed by atoms with Crippen LogP contribution in [0.5, 0.6) is 0 Å². The first kappa shape index (κ1) is 15.9. The van der Waals surface area contributed by atoms with Crippen molar-refractivity contribution in [2.24, 2.45) is 11.8 Å². The number of hydrogen-bond donors (Lipinski definition) is 1. The first-order valence-corrected chi connectivity index (χ1v) is 6.82. The first-order valence-electron chi connectivity index (χ1n) is 6.82. The van der Waals surface area contributed by atoms with Crippen LogP contribution in [0.15, 0.2) is 0 Å². The second kappa shape index (κ2) is 8.08. The van der Waals surface area contributed by atoms with Gasteiger partial charge in [0.15, 0.2) is 0 Å². The van der Waals surface area contributed by atoms with Crippen LogP contribution in [0.4, 0.5) is 0 Å². The molecule has 0 aromatic heterocycles. The van der Waals surface area contributed by atoms with Gasteiger partial charge in [-0.3, -0.25) is 0 Å². The molecule has 0 aliphatic rings. The lowest BCUT2D eigenvalue weighted by Gasteiger charge is -2.32. The van der Waals surface area contributed by atoms with E-state index in [1.165, 1.54) is 6.42 Å². The van der Waals surface area contributed by atoms with E-state index in [1.807, 2.05) is 0 Å². The van der Waals surface area contributed by atoms with Crippen LogP contribution in [0.25, 0.3) is 0 Å². The van der Waals surface area contributed by atoms with Crippen molar-refractivity contribution in [1.29, 1.82) is 0 Å². The quantitative estimate of drug-likeness (QED) is 0.687. The van der Waals surface area contributed by atoms with Crippen LogP contribution in [0, 0.1) is 11.8 Å². The van der Waals surface area contributed by atoms with Gasteiger partial charge in [0, 0.05) is 18.6 Å². The van der Waals surface area contributed by atoms with Crippen LogP contribution in [0.3, 0.4) is 0 Å². The van der Waals surface area contributed by atoms with Gasteiger partial charge in [0.25, 0.3) is 0 Å². The molecule has 2 nitrogen and oxygen atoms in total. The van der Waals surface area contributed by atoms with Gasteiger partial charge in [0.1, 0.15) is 0 Å². The highest BCUT2D eigenvalue weighted by atomic mass is 15.1. The molecule has 0 amide bonds. The number of rotatable bonds is 8. The van der Waals surface area contributed by atoms with Gasteiger partial charge in [-0.1, -0.05) is 34.6 Å². The van der Waals surface area contributed by atoms with Gasteiger partial charge in [-0.2, -0.15) is 0 Å². The van der Waals surface area contributed by atoms with Gasteiger partial charge < -0.3 is 10.2 Å². The highest BCUT2D eigenvalue weighted by Gasteiger charge is 2.18. The zero-order chi connectivity index (χ0) is 12.7. The van der Waals surface area contributed by atoms with Crippen LogP contribution >= 0.6 is 0 Å². The Labute approximate surface area is 103 Å². The van der Waals surface area contributed by atoms with Gasteiger partial charge in [0.05, 0.1) is 0 Å². The van der Waals surface area contributed by atoms with E-state index in [-0.39, 0.29) is 0 Å². The summed E-state index contributed by atoms with van der Waals surface area (Å²) in [5.41, 5.74) is 0. The fraction of sp³-hybridized carbons (Fsp3) is 1.00.